The summed E-state index contributed by atoms with van der Waals surface area (Å²) >= 11 is 0. The zero-order valence-electron chi connectivity index (χ0n) is 24.2. The molecule has 0 saturated carbocycles. The van der Waals surface area contributed by atoms with E-state index in [1.807, 2.05) is 0 Å². The molecule has 34 heavy (non-hydrogen) atoms. The van der Waals surface area contributed by atoms with Crippen LogP contribution in [-0.4, -0.2) is 38.1 Å². The molecule has 0 N–H and O–H groups in total. The Morgan fingerprint density at radius 2 is 0.912 bits per heavy atom. The van der Waals surface area contributed by atoms with Crippen LogP contribution in [0.3, 0.4) is 0 Å². The summed E-state index contributed by atoms with van der Waals surface area (Å²) in [6, 6.07) is 0. The smallest absolute Gasteiger partial charge is 0.0780 e. The Morgan fingerprint density at radius 1 is 0.559 bits per heavy atom. The minimum absolute atomic E-state index is 0.230. The molecule has 0 rings (SSSR count). The molecule has 0 aromatic rings. The molecule has 0 radical (unpaired) electrons. The first kappa shape index (κ1) is 35.3. The van der Waals surface area contributed by atoms with Crippen LogP contribution in [0.2, 0.25) is 0 Å². The van der Waals surface area contributed by atoms with E-state index < -0.39 is 5.97 Å². The predicted octanol–water partition coefficient (Wildman–Crippen LogP) is 8.61. The van der Waals surface area contributed by atoms with Crippen molar-refractivity contribution in [2.24, 2.45) is 0 Å². The summed E-state index contributed by atoms with van der Waals surface area (Å²) in [6.07, 6.45) is 32.8. The van der Waals surface area contributed by atoms with Gasteiger partial charge in [0.25, 0.3) is 0 Å². The van der Waals surface area contributed by atoms with Gasteiger partial charge in [0.2, 0.25) is 0 Å². The van der Waals surface area contributed by atoms with Crippen molar-refractivity contribution in [3.05, 3.63) is 12.2 Å². The minimum Gasteiger partial charge on any atom is -0.550 e. The first-order valence-electron chi connectivity index (χ1n) is 15.0. The highest BCUT2D eigenvalue weighted by atomic mass is 16.4. The second-order valence-electron chi connectivity index (χ2n) is 11.2. The molecule has 0 fully saturated rings. The Kier molecular flexibility index (Phi) is 29.5. The van der Waals surface area contributed by atoms with E-state index in [1.165, 1.54) is 129 Å². The molecule has 0 heterocycles. The fourth-order valence-corrected chi connectivity index (χ4v) is 4.06. The molecule has 0 saturated heterocycles. The van der Waals surface area contributed by atoms with Gasteiger partial charge in [-0.25, -0.2) is 0 Å². The number of carboxylic acid groups (broad SMARTS) is 1. The van der Waals surface area contributed by atoms with Gasteiger partial charge in [-0.15, -0.1) is 0 Å². The van der Waals surface area contributed by atoms with Crippen molar-refractivity contribution in [1.29, 1.82) is 0 Å². The van der Waals surface area contributed by atoms with Crippen LogP contribution < -0.4 is 5.11 Å². The summed E-state index contributed by atoms with van der Waals surface area (Å²) in [6.45, 7) is 5.80. The number of nitrogens with zero attached hydrogens (tertiary/aromatic N) is 1. The maximum atomic E-state index is 10.0. The average molecular weight is 482 g/mol. The molecule has 0 atom stereocenters. The number of rotatable bonds is 24. The summed E-state index contributed by atoms with van der Waals surface area (Å²) < 4.78 is 1.11. The van der Waals surface area contributed by atoms with E-state index in [9.17, 15) is 9.90 Å². The SMILES string of the molecule is CCCCCCCCC=CCCCCCCCC[N+](C)(C)C.CCCCCCCCCC(=O)[O-]. The molecule has 0 bridgehead atoms. The molecular formula is C31H63NO2. The lowest BCUT2D eigenvalue weighted by Crippen LogP contribution is -2.35. The zero-order valence-corrected chi connectivity index (χ0v) is 24.2. The van der Waals surface area contributed by atoms with Crippen LogP contribution >= 0.6 is 0 Å². The van der Waals surface area contributed by atoms with Gasteiger partial charge in [-0.3, -0.25) is 0 Å². The van der Waals surface area contributed by atoms with E-state index in [-0.39, 0.29) is 6.42 Å². The summed E-state index contributed by atoms with van der Waals surface area (Å²) in [5.41, 5.74) is 0. The number of unbranched alkanes of at least 4 members (excludes halogenated alkanes) is 18. The number of carboxylic acids is 1. The Bertz CT molecular complexity index is 426. The fourth-order valence-electron chi connectivity index (χ4n) is 4.06. The standard InChI is InChI=1S/C21H44N.C10H20O2/c1-5-6-7-8-9-10-11-12-13-14-15-16-17-18-19-20-21-22(2,3)4;1-2-3-4-5-6-7-8-9-10(11)12/h12-13H,5-11,14-21H2,1-4H3;2-9H2,1H3,(H,11,12)/q+1;/p-1. The Hall–Kier alpha value is -0.830. The van der Waals surface area contributed by atoms with Gasteiger partial charge >= 0.3 is 0 Å². The second-order valence-corrected chi connectivity index (χ2v) is 11.2. The number of carbonyl (C=O) groups excluding carboxylic acids is 1. The molecule has 3 heteroatoms. The highest BCUT2D eigenvalue weighted by molar-refractivity contribution is 5.64. The van der Waals surface area contributed by atoms with E-state index >= 15 is 0 Å². The van der Waals surface area contributed by atoms with Crippen LogP contribution in [0.15, 0.2) is 12.2 Å². The van der Waals surface area contributed by atoms with Gasteiger partial charge in [0.15, 0.2) is 0 Å². The van der Waals surface area contributed by atoms with Gasteiger partial charge in [-0.2, -0.15) is 0 Å². The van der Waals surface area contributed by atoms with E-state index in [2.05, 4.69) is 47.1 Å². The number of carbonyl (C=O) groups is 1. The van der Waals surface area contributed by atoms with Crippen molar-refractivity contribution < 1.29 is 14.4 Å². The van der Waals surface area contributed by atoms with Crippen LogP contribution in [0.5, 0.6) is 0 Å². The maximum Gasteiger partial charge on any atom is 0.0780 e. The molecule has 0 spiro atoms. The molecule has 0 aliphatic carbocycles. The monoisotopic (exact) mass is 481 g/mol. The highest BCUT2D eigenvalue weighted by Crippen LogP contribution is 2.11. The number of allylic oxidation sites excluding steroid dienone is 2. The number of quaternary nitrogens is 1. The van der Waals surface area contributed by atoms with Gasteiger partial charge in [-0.05, 0) is 51.4 Å². The van der Waals surface area contributed by atoms with Crippen molar-refractivity contribution >= 4 is 5.97 Å². The third-order valence-electron chi connectivity index (χ3n) is 6.33. The fraction of sp³-hybridized carbons (Fsp3) is 0.903. The third-order valence-corrected chi connectivity index (χ3v) is 6.33. The minimum atomic E-state index is -0.913. The van der Waals surface area contributed by atoms with Gasteiger partial charge in [0.05, 0.1) is 27.7 Å². The van der Waals surface area contributed by atoms with Crippen molar-refractivity contribution in [2.75, 3.05) is 27.7 Å². The number of aliphatic carboxylic acids is 1. The van der Waals surface area contributed by atoms with E-state index in [4.69, 9.17) is 0 Å². The van der Waals surface area contributed by atoms with Crippen molar-refractivity contribution in [1.82, 2.24) is 0 Å². The molecule has 0 aromatic carbocycles. The molecule has 0 unspecified atom stereocenters. The molecule has 0 amide bonds. The quantitative estimate of drug-likeness (QED) is 0.0786. The number of hydrogen-bond donors (Lipinski definition) is 0. The van der Waals surface area contributed by atoms with Crippen molar-refractivity contribution in [2.45, 2.75) is 155 Å². The second kappa shape index (κ2) is 28.4. The van der Waals surface area contributed by atoms with Crippen LogP contribution in [0.4, 0.5) is 0 Å². The van der Waals surface area contributed by atoms with Crippen LogP contribution in [0.25, 0.3) is 0 Å². The molecule has 0 aliphatic heterocycles. The first-order valence-corrected chi connectivity index (χ1v) is 15.0. The first-order chi connectivity index (χ1) is 16.3. The Morgan fingerprint density at radius 3 is 1.29 bits per heavy atom. The van der Waals surface area contributed by atoms with Gasteiger partial charge < -0.3 is 14.4 Å². The predicted molar refractivity (Wildman–Crippen MR) is 150 cm³/mol. The normalized spacial score (nSPS) is 11.6. The lowest BCUT2D eigenvalue weighted by atomic mass is 10.1. The molecule has 3 nitrogen and oxygen atoms in total. The summed E-state index contributed by atoms with van der Waals surface area (Å²) in [5, 5.41) is 10.0. The van der Waals surface area contributed by atoms with E-state index in [1.54, 1.807) is 0 Å². The average Bonchev–Trinajstić information content (AvgIpc) is 2.78. The molecule has 0 aliphatic rings. The summed E-state index contributed by atoms with van der Waals surface area (Å²) in [7, 11) is 6.87. The van der Waals surface area contributed by atoms with E-state index in [0.717, 1.165) is 17.3 Å². The topological polar surface area (TPSA) is 40.1 Å². The highest BCUT2D eigenvalue weighted by Gasteiger charge is 2.04. The van der Waals surface area contributed by atoms with Crippen molar-refractivity contribution in [3.8, 4) is 0 Å². The molecule has 0 aromatic heterocycles. The van der Waals surface area contributed by atoms with Gasteiger partial charge in [-0.1, -0.05) is 116 Å². The zero-order chi connectivity index (χ0) is 25.8. The van der Waals surface area contributed by atoms with Gasteiger partial charge in [0.1, 0.15) is 0 Å². The van der Waals surface area contributed by atoms with Crippen molar-refractivity contribution in [3.63, 3.8) is 0 Å². The molecule has 204 valence electrons. The Labute approximate surface area is 215 Å². The Balaban J connectivity index is 0. The van der Waals surface area contributed by atoms with Gasteiger partial charge in [0, 0.05) is 5.97 Å². The van der Waals surface area contributed by atoms with Crippen LogP contribution in [0.1, 0.15) is 155 Å². The lowest BCUT2D eigenvalue weighted by Gasteiger charge is -2.23. The summed E-state index contributed by atoms with van der Waals surface area (Å²) in [4.78, 5) is 10.0. The summed E-state index contributed by atoms with van der Waals surface area (Å²) in [5.74, 6) is -0.913. The number of hydrogen-bond acceptors (Lipinski definition) is 2. The lowest BCUT2D eigenvalue weighted by molar-refractivity contribution is -0.870. The third kappa shape index (κ3) is 38.4. The van der Waals surface area contributed by atoms with Crippen LogP contribution in [0, 0.1) is 0 Å². The van der Waals surface area contributed by atoms with E-state index in [0.29, 0.717) is 0 Å². The van der Waals surface area contributed by atoms with Crippen LogP contribution in [-0.2, 0) is 4.79 Å². The maximum absolute atomic E-state index is 10.0. The largest absolute Gasteiger partial charge is 0.550 e. The molecular weight excluding hydrogens is 418 g/mol.